The number of benzene rings is 1. The Morgan fingerprint density at radius 2 is 1.96 bits per heavy atom. The fourth-order valence-electron chi connectivity index (χ4n) is 5.38. The first-order chi connectivity index (χ1) is 13.5. The Balaban J connectivity index is 1.26. The van der Waals surface area contributed by atoms with Crippen molar-refractivity contribution >= 4 is 11.9 Å². The van der Waals surface area contributed by atoms with Crippen molar-refractivity contribution in [1.29, 1.82) is 0 Å². The SMILES string of the molecule is Cc1cccc(CN2CCN(C(=O)CN3C[C@@H]4CCC[C@@]4(C(=O)O)C3)CC2)c1. The maximum Gasteiger partial charge on any atom is 0.311 e. The van der Waals surface area contributed by atoms with Crippen molar-refractivity contribution in [3.8, 4) is 0 Å². The Labute approximate surface area is 167 Å². The van der Waals surface area contributed by atoms with Crippen LogP contribution < -0.4 is 0 Å². The van der Waals surface area contributed by atoms with Crippen molar-refractivity contribution in [2.24, 2.45) is 11.3 Å². The van der Waals surface area contributed by atoms with Crippen LogP contribution in [0.5, 0.6) is 0 Å². The van der Waals surface area contributed by atoms with Crippen LogP contribution in [0.4, 0.5) is 0 Å². The molecule has 6 heteroatoms. The lowest BCUT2D eigenvalue weighted by Gasteiger charge is -2.35. The molecule has 0 spiro atoms. The normalized spacial score (nSPS) is 28.5. The van der Waals surface area contributed by atoms with Crippen LogP contribution in [0.2, 0.25) is 0 Å². The van der Waals surface area contributed by atoms with Crippen LogP contribution in [-0.2, 0) is 16.1 Å². The van der Waals surface area contributed by atoms with E-state index in [0.717, 1.165) is 58.5 Å². The highest BCUT2D eigenvalue weighted by atomic mass is 16.4. The molecule has 0 unspecified atom stereocenters. The molecule has 1 aromatic rings. The van der Waals surface area contributed by atoms with E-state index in [1.165, 1.54) is 11.1 Å². The lowest BCUT2D eigenvalue weighted by atomic mass is 9.81. The number of hydrogen-bond donors (Lipinski definition) is 1. The molecule has 2 atom stereocenters. The zero-order valence-corrected chi connectivity index (χ0v) is 16.8. The maximum atomic E-state index is 12.8. The van der Waals surface area contributed by atoms with Gasteiger partial charge in [0.05, 0.1) is 12.0 Å². The van der Waals surface area contributed by atoms with Gasteiger partial charge in [0.2, 0.25) is 5.91 Å². The third-order valence-corrected chi connectivity index (χ3v) is 6.94. The minimum atomic E-state index is -0.672. The van der Waals surface area contributed by atoms with E-state index in [0.29, 0.717) is 13.1 Å². The van der Waals surface area contributed by atoms with Gasteiger partial charge in [0, 0.05) is 45.8 Å². The molecule has 1 amide bonds. The molecule has 2 heterocycles. The van der Waals surface area contributed by atoms with Crippen molar-refractivity contribution in [2.75, 3.05) is 45.8 Å². The van der Waals surface area contributed by atoms with E-state index in [1.54, 1.807) is 0 Å². The minimum Gasteiger partial charge on any atom is -0.481 e. The molecule has 152 valence electrons. The number of hydrogen-bond acceptors (Lipinski definition) is 4. The maximum absolute atomic E-state index is 12.8. The van der Waals surface area contributed by atoms with E-state index in [9.17, 15) is 14.7 Å². The molecule has 0 aromatic heterocycles. The molecule has 28 heavy (non-hydrogen) atoms. The minimum absolute atomic E-state index is 0.149. The summed E-state index contributed by atoms with van der Waals surface area (Å²) < 4.78 is 0. The molecule has 2 aliphatic heterocycles. The number of likely N-dealkylation sites (tertiary alicyclic amines) is 1. The topological polar surface area (TPSA) is 64.1 Å². The number of amides is 1. The first-order valence-corrected chi connectivity index (χ1v) is 10.5. The van der Waals surface area contributed by atoms with Gasteiger partial charge in [0.1, 0.15) is 0 Å². The highest BCUT2D eigenvalue weighted by Crippen LogP contribution is 2.48. The fourth-order valence-corrected chi connectivity index (χ4v) is 5.38. The molecule has 1 saturated carbocycles. The number of rotatable bonds is 5. The molecule has 0 radical (unpaired) electrons. The first-order valence-electron chi connectivity index (χ1n) is 10.5. The second kappa shape index (κ2) is 7.84. The largest absolute Gasteiger partial charge is 0.481 e. The van der Waals surface area contributed by atoms with Gasteiger partial charge in [-0.2, -0.15) is 0 Å². The van der Waals surface area contributed by atoms with Crippen molar-refractivity contribution in [2.45, 2.75) is 32.7 Å². The summed E-state index contributed by atoms with van der Waals surface area (Å²) in [7, 11) is 0. The van der Waals surface area contributed by atoms with E-state index in [4.69, 9.17) is 0 Å². The molecule has 2 saturated heterocycles. The Morgan fingerprint density at radius 3 is 2.64 bits per heavy atom. The molecular formula is C22H31N3O3. The number of carbonyl (C=O) groups is 2. The molecular weight excluding hydrogens is 354 g/mol. The third-order valence-electron chi connectivity index (χ3n) is 6.94. The van der Waals surface area contributed by atoms with Gasteiger partial charge in [0.25, 0.3) is 0 Å². The van der Waals surface area contributed by atoms with Crippen LogP contribution in [0.15, 0.2) is 24.3 Å². The highest BCUT2D eigenvalue weighted by Gasteiger charge is 2.54. The Hall–Kier alpha value is -1.92. The Bertz CT molecular complexity index is 744. The standard InChI is InChI=1S/C22H31N3O3/c1-17-4-2-5-18(12-17)13-23-8-10-25(11-9-23)20(26)15-24-14-19-6-3-7-22(19,16-24)21(27)28/h2,4-5,12,19H,3,6-11,13-16H2,1H3,(H,27,28)/t19-,22+/m0/s1. The quantitative estimate of drug-likeness (QED) is 0.838. The van der Waals surface area contributed by atoms with Gasteiger partial charge in [-0.25, -0.2) is 0 Å². The average molecular weight is 386 g/mol. The van der Waals surface area contributed by atoms with Gasteiger partial charge in [-0.15, -0.1) is 0 Å². The number of aliphatic carboxylic acids is 1. The van der Waals surface area contributed by atoms with Crippen molar-refractivity contribution in [1.82, 2.24) is 14.7 Å². The summed E-state index contributed by atoms with van der Waals surface area (Å²) in [6.45, 7) is 7.99. The summed E-state index contributed by atoms with van der Waals surface area (Å²) in [6.07, 6.45) is 2.74. The van der Waals surface area contributed by atoms with E-state index >= 15 is 0 Å². The third kappa shape index (κ3) is 3.80. The number of nitrogens with zero attached hydrogens (tertiary/aromatic N) is 3. The predicted molar refractivity (Wildman–Crippen MR) is 107 cm³/mol. The van der Waals surface area contributed by atoms with E-state index in [1.807, 2.05) is 4.90 Å². The van der Waals surface area contributed by atoms with Crippen molar-refractivity contribution in [3.05, 3.63) is 35.4 Å². The lowest BCUT2D eigenvalue weighted by Crippen LogP contribution is -2.51. The predicted octanol–water partition coefficient (Wildman–Crippen LogP) is 1.83. The average Bonchev–Trinajstić information content (AvgIpc) is 3.20. The molecule has 1 aliphatic carbocycles. The van der Waals surface area contributed by atoms with Crippen molar-refractivity contribution in [3.63, 3.8) is 0 Å². The summed E-state index contributed by atoms with van der Waals surface area (Å²) in [5.74, 6) is -0.311. The molecule has 0 bridgehead atoms. The molecule has 3 aliphatic rings. The number of carboxylic acid groups (broad SMARTS) is 1. The Kier molecular flexibility index (Phi) is 5.43. The van der Waals surface area contributed by atoms with Crippen LogP contribution in [0, 0.1) is 18.3 Å². The number of carboxylic acids is 1. The first kappa shape index (κ1) is 19.4. The fraction of sp³-hybridized carbons (Fsp3) is 0.636. The van der Waals surface area contributed by atoms with Crippen LogP contribution in [0.25, 0.3) is 0 Å². The van der Waals surface area contributed by atoms with Crippen molar-refractivity contribution < 1.29 is 14.7 Å². The van der Waals surface area contributed by atoms with Gasteiger partial charge in [0.15, 0.2) is 0 Å². The lowest BCUT2D eigenvalue weighted by molar-refractivity contribution is -0.149. The van der Waals surface area contributed by atoms with Gasteiger partial charge < -0.3 is 10.0 Å². The van der Waals surface area contributed by atoms with E-state index in [-0.39, 0.29) is 11.8 Å². The molecule has 6 nitrogen and oxygen atoms in total. The number of aryl methyl sites for hydroxylation is 1. The van der Waals surface area contributed by atoms with Gasteiger partial charge in [-0.1, -0.05) is 36.2 Å². The zero-order valence-electron chi connectivity index (χ0n) is 16.8. The highest BCUT2D eigenvalue weighted by molar-refractivity contribution is 5.79. The van der Waals surface area contributed by atoms with Gasteiger partial charge >= 0.3 is 5.97 Å². The second-order valence-corrected chi connectivity index (χ2v) is 8.87. The molecule has 4 rings (SSSR count). The van der Waals surface area contributed by atoms with Crippen LogP contribution in [0.3, 0.4) is 0 Å². The number of carbonyl (C=O) groups excluding carboxylic acids is 1. The second-order valence-electron chi connectivity index (χ2n) is 8.87. The van der Waals surface area contributed by atoms with Crippen LogP contribution in [0.1, 0.15) is 30.4 Å². The molecule has 1 aromatic carbocycles. The summed E-state index contributed by atoms with van der Waals surface area (Å²) >= 11 is 0. The van der Waals surface area contributed by atoms with Gasteiger partial charge in [-0.05, 0) is 31.2 Å². The monoisotopic (exact) mass is 385 g/mol. The van der Waals surface area contributed by atoms with Gasteiger partial charge in [-0.3, -0.25) is 19.4 Å². The summed E-state index contributed by atoms with van der Waals surface area (Å²) in [4.78, 5) is 31.0. The molecule has 1 N–H and O–H groups in total. The van der Waals surface area contributed by atoms with E-state index in [2.05, 4.69) is 41.0 Å². The number of fused-ring (bicyclic) bond motifs is 1. The van der Waals surface area contributed by atoms with Crippen LogP contribution in [-0.4, -0.2) is 77.5 Å². The smallest absolute Gasteiger partial charge is 0.311 e. The summed E-state index contributed by atoms with van der Waals surface area (Å²) in [5.41, 5.74) is 2.00. The Morgan fingerprint density at radius 1 is 1.18 bits per heavy atom. The summed E-state index contributed by atoms with van der Waals surface area (Å²) in [5, 5.41) is 9.71. The number of piperazine rings is 1. The molecule has 3 fully saturated rings. The van der Waals surface area contributed by atoms with Crippen LogP contribution >= 0.6 is 0 Å². The van der Waals surface area contributed by atoms with E-state index < -0.39 is 11.4 Å². The zero-order chi connectivity index (χ0) is 19.7. The summed E-state index contributed by atoms with van der Waals surface area (Å²) in [6, 6.07) is 8.59.